The zero-order valence-electron chi connectivity index (χ0n) is 9.03. The fourth-order valence-electron chi connectivity index (χ4n) is 1.02. The highest BCUT2D eigenvalue weighted by atomic mass is 79.9. The molecule has 1 aromatic carbocycles. The molecule has 0 aliphatic heterocycles. The van der Waals surface area contributed by atoms with Gasteiger partial charge in [-0.15, -0.1) is 9.06 Å². The van der Waals surface area contributed by atoms with Crippen LogP contribution in [0.1, 0.15) is 6.92 Å². The minimum atomic E-state index is -3.14. The summed E-state index contributed by atoms with van der Waals surface area (Å²) < 4.78 is 25.3. The quantitative estimate of drug-likeness (QED) is 0.803. The second kappa shape index (κ2) is 4.47. The topological polar surface area (TPSA) is 34.1 Å². The second-order valence-corrected chi connectivity index (χ2v) is 13.4. The van der Waals surface area contributed by atoms with Gasteiger partial charge in [0.25, 0.3) is 0 Å². The molecule has 0 saturated heterocycles. The van der Waals surface area contributed by atoms with Gasteiger partial charge in [-0.05, 0) is 42.5 Å². The summed E-state index contributed by atoms with van der Waals surface area (Å²) in [6.07, 6.45) is 3.68. The molecule has 0 atom stereocenters. The number of halogens is 1. The molecule has 0 bridgehead atoms. The van der Waals surface area contributed by atoms with Gasteiger partial charge in [0.1, 0.15) is 0 Å². The highest BCUT2D eigenvalue weighted by molar-refractivity contribution is 9.10. The standard InChI is InChI=1S/C10H15BrO2S2/c1-4-14(2,3)15(12,13)10-7-5-9(11)6-8-10/h5-8H,4H2,1-3H3. The van der Waals surface area contributed by atoms with Crippen LogP contribution in [0.2, 0.25) is 0 Å². The van der Waals surface area contributed by atoms with E-state index in [1.165, 1.54) is 0 Å². The van der Waals surface area contributed by atoms with Crippen LogP contribution in [0.4, 0.5) is 0 Å². The molecule has 1 aromatic rings. The molecule has 0 N–H and O–H groups in total. The Morgan fingerprint density at radius 1 is 1.13 bits per heavy atom. The molecule has 0 unspecified atom stereocenters. The van der Waals surface area contributed by atoms with Crippen molar-refractivity contribution < 1.29 is 8.42 Å². The van der Waals surface area contributed by atoms with Gasteiger partial charge in [-0.25, -0.2) is 8.42 Å². The number of hydrogen-bond acceptors (Lipinski definition) is 2. The van der Waals surface area contributed by atoms with Gasteiger partial charge >= 0.3 is 0 Å². The van der Waals surface area contributed by atoms with Crippen LogP contribution in [-0.2, 0) is 8.87 Å². The number of hydrogen-bond donors (Lipinski definition) is 0. The normalized spacial score (nSPS) is 13.9. The van der Waals surface area contributed by atoms with E-state index in [4.69, 9.17) is 0 Å². The van der Waals surface area contributed by atoms with Crippen molar-refractivity contribution in [2.24, 2.45) is 0 Å². The van der Waals surface area contributed by atoms with Gasteiger partial charge in [-0.1, -0.05) is 22.9 Å². The largest absolute Gasteiger partial charge is 0.214 e. The Bertz CT molecular complexity index is 435. The zero-order chi connectivity index (χ0) is 11.7. The summed E-state index contributed by atoms with van der Waals surface area (Å²) in [7, 11) is -4.75. The van der Waals surface area contributed by atoms with Crippen LogP contribution in [0.25, 0.3) is 0 Å². The van der Waals surface area contributed by atoms with E-state index in [0.717, 1.165) is 4.47 Å². The average molecular weight is 311 g/mol. The molecule has 0 fully saturated rings. The fourth-order valence-corrected chi connectivity index (χ4v) is 5.41. The third kappa shape index (κ3) is 2.57. The van der Waals surface area contributed by atoms with Crippen molar-refractivity contribution in [3.8, 4) is 0 Å². The highest BCUT2D eigenvalue weighted by Crippen LogP contribution is 2.50. The van der Waals surface area contributed by atoms with Gasteiger partial charge in [0.15, 0.2) is 0 Å². The Hall–Kier alpha value is -0.000000000000000111. The molecule has 0 radical (unpaired) electrons. The minimum absolute atomic E-state index is 0.424. The van der Waals surface area contributed by atoms with Crippen molar-refractivity contribution >= 4 is 33.9 Å². The molecule has 2 nitrogen and oxygen atoms in total. The van der Waals surface area contributed by atoms with E-state index in [2.05, 4.69) is 15.9 Å². The van der Waals surface area contributed by atoms with Crippen LogP contribution in [0.5, 0.6) is 0 Å². The lowest BCUT2D eigenvalue weighted by atomic mass is 10.4. The van der Waals surface area contributed by atoms with Gasteiger partial charge in [0.05, 0.1) is 4.90 Å². The summed E-state index contributed by atoms with van der Waals surface area (Å²) in [5.41, 5.74) is 0. The Labute approximate surface area is 101 Å². The molecule has 1 rings (SSSR count). The molecular formula is C10H15BrO2S2. The third-order valence-corrected chi connectivity index (χ3v) is 11.2. The molecule has 0 amide bonds. The molecule has 5 heteroatoms. The molecule has 0 spiro atoms. The van der Waals surface area contributed by atoms with E-state index in [0.29, 0.717) is 10.6 Å². The lowest BCUT2D eigenvalue weighted by Crippen LogP contribution is -2.13. The highest BCUT2D eigenvalue weighted by Gasteiger charge is 2.28. The average Bonchev–Trinajstić information content (AvgIpc) is 2.18. The lowest BCUT2D eigenvalue weighted by molar-refractivity contribution is 0.609. The number of benzene rings is 1. The van der Waals surface area contributed by atoms with Crippen molar-refractivity contribution in [2.45, 2.75) is 11.8 Å². The van der Waals surface area contributed by atoms with Crippen LogP contribution < -0.4 is 0 Å². The summed E-state index contributed by atoms with van der Waals surface area (Å²) in [6.45, 7) is 1.92. The van der Waals surface area contributed by atoms with Crippen molar-refractivity contribution in [3.05, 3.63) is 28.7 Å². The summed E-state index contributed by atoms with van der Waals surface area (Å²) >= 11 is 3.29. The Balaban J connectivity index is 3.24. The van der Waals surface area contributed by atoms with Crippen molar-refractivity contribution in [3.63, 3.8) is 0 Å². The smallest absolute Gasteiger partial charge is 0.212 e. The van der Waals surface area contributed by atoms with Crippen molar-refractivity contribution in [1.82, 2.24) is 0 Å². The monoisotopic (exact) mass is 310 g/mol. The molecular weight excluding hydrogens is 296 g/mol. The summed E-state index contributed by atoms with van der Waals surface area (Å²) in [6, 6.07) is 6.84. The molecule has 0 aromatic heterocycles. The first-order valence-electron chi connectivity index (χ1n) is 4.53. The first kappa shape index (κ1) is 13.1. The van der Waals surface area contributed by atoms with E-state index in [1.807, 2.05) is 19.4 Å². The first-order valence-corrected chi connectivity index (χ1v) is 9.94. The van der Waals surface area contributed by atoms with E-state index >= 15 is 0 Å². The lowest BCUT2D eigenvalue weighted by Gasteiger charge is -2.28. The Morgan fingerprint density at radius 2 is 1.60 bits per heavy atom. The first-order chi connectivity index (χ1) is 6.81. The molecule has 0 aliphatic carbocycles. The van der Waals surface area contributed by atoms with Crippen LogP contribution in [-0.4, -0.2) is 26.7 Å². The Kier molecular flexibility index (Phi) is 3.90. The molecule has 86 valence electrons. The zero-order valence-corrected chi connectivity index (χ0v) is 12.2. The summed E-state index contributed by atoms with van der Waals surface area (Å²) in [5.74, 6) is 0.686. The van der Waals surface area contributed by atoms with E-state index in [1.54, 1.807) is 24.3 Å². The minimum Gasteiger partial charge on any atom is -0.214 e. The Morgan fingerprint density at radius 3 is 2.00 bits per heavy atom. The predicted molar refractivity (Wildman–Crippen MR) is 71.3 cm³/mol. The van der Waals surface area contributed by atoms with E-state index in [-0.39, 0.29) is 0 Å². The van der Waals surface area contributed by atoms with Gasteiger partial charge in [-0.2, -0.15) is 0 Å². The third-order valence-electron chi connectivity index (χ3n) is 2.39. The predicted octanol–water partition coefficient (Wildman–Crippen LogP) is 3.22. The second-order valence-electron chi connectivity index (χ2n) is 3.63. The summed E-state index contributed by atoms with van der Waals surface area (Å²) in [5, 5.41) is 0. The summed E-state index contributed by atoms with van der Waals surface area (Å²) in [4.78, 5) is 0.424. The van der Waals surface area contributed by atoms with Crippen LogP contribution >= 0.6 is 25.0 Å². The van der Waals surface area contributed by atoms with Gasteiger partial charge in [0.2, 0.25) is 8.87 Å². The van der Waals surface area contributed by atoms with Crippen LogP contribution in [0.3, 0.4) is 0 Å². The molecule has 15 heavy (non-hydrogen) atoms. The van der Waals surface area contributed by atoms with Crippen molar-refractivity contribution in [2.75, 3.05) is 18.3 Å². The molecule has 0 heterocycles. The maximum absolute atomic E-state index is 12.2. The van der Waals surface area contributed by atoms with Crippen LogP contribution in [0, 0.1) is 0 Å². The number of rotatable bonds is 3. The van der Waals surface area contributed by atoms with Gasteiger partial charge < -0.3 is 0 Å². The van der Waals surface area contributed by atoms with Gasteiger partial charge in [0, 0.05) is 4.47 Å². The van der Waals surface area contributed by atoms with Gasteiger partial charge in [-0.3, -0.25) is 0 Å². The maximum Gasteiger partial charge on any atom is 0.212 e. The van der Waals surface area contributed by atoms with Crippen LogP contribution in [0.15, 0.2) is 33.6 Å². The van der Waals surface area contributed by atoms with Crippen molar-refractivity contribution in [1.29, 1.82) is 0 Å². The molecule has 0 saturated carbocycles. The fraction of sp³-hybridized carbons (Fsp3) is 0.400. The van der Waals surface area contributed by atoms with E-state index < -0.39 is 17.9 Å². The SMILES string of the molecule is CCS(C)(C)S(=O)(=O)c1ccc(Br)cc1. The maximum atomic E-state index is 12.2. The van der Waals surface area contributed by atoms with E-state index in [9.17, 15) is 8.42 Å². The molecule has 0 aliphatic rings.